The molecule has 0 saturated carbocycles. The molecule has 0 heterocycles. The van der Waals surface area contributed by atoms with Gasteiger partial charge < -0.3 is 10.5 Å². The summed E-state index contributed by atoms with van der Waals surface area (Å²) in [4.78, 5) is 0. The van der Waals surface area contributed by atoms with Crippen LogP contribution in [0.15, 0.2) is 42.5 Å². The number of para-hydroxylation sites is 1. The molecule has 0 aliphatic carbocycles. The number of nitrogens with two attached hydrogens (primary N) is 1. The molecule has 0 fully saturated rings. The van der Waals surface area contributed by atoms with Crippen molar-refractivity contribution >= 4 is 0 Å². The lowest BCUT2D eigenvalue weighted by Crippen LogP contribution is -2.06. The molecule has 0 aliphatic rings. The Hall–Kier alpha value is -1.94. The second-order valence-corrected chi connectivity index (χ2v) is 4.00. The molecule has 0 saturated heterocycles. The van der Waals surface area contributed by atoms with Crippen LogP contribution in [0.3, 0.4) is 0 Å². The SMILES string of the molecule is C[C@H](N)c1ccccc1Oc1ccc(F)c(F)c1. The van der Waals surface area contributed by atoms with E-state index >= 15 is 0 Å². The molecular weight excluding hydrogens is 236 g/mol. The summed E-state index contributed by atoms with van der Waals surface area (Å²) in [5.41, 5.74) is 6.62. The van der Waals surface area contributed by atoms with Gasteiger partial charge in [-0.05, 0) is 25.1 Å². The minimum Gasteiger partial charge on any atom is -0.457 e. The van der Waals surface area contributed by atoms with E-state index in [-0.39, 0.29) is 11.8 Å². The first-order valence-corrected chi connectivity index (χ1v) is 5.55. The van der Waals surface area contributed by atoms with Crippen molar-refractivity contribution in [3.63, 3.8) is 0 Å². The normalized spacial score (nSPS) is 12.2. The zero-order valence-corrected chi connectivity index (χ0v) is 9.86. The fraction of sp³-hybridized carbons (Fsp3) is 0.143. The third-order valence-corrected chi connectivity index (χ3v) is 2.53. The predicted octanol–water partition coefficient (Wildman–Crippen LogP) is 3.78. The molecule has 2 N–H and O–H groups in total. The van der Waals surface area contributed by atoms with Gasteiger partial charge in [0.1, 0.15) is 11.5 Å². The van der Waals surface area contributed by atoms with Gasteiger partial charge in [-0.3, -0.25) is 0 Å². The number of halogens is 2. The molecule has 2 rings (SSSR count). The van der Waals surface area contributed by atoms with Crippen molar-refractivity contribution in [3.8, 4) is 11.5 Å². The van der Waals surface area contributed by atoms with E-state index in [1.165, 1.54) is 6.07 Å². The number of hydrogen-bond acceptors (Lipinski definition) is 2. The van der Waals surface area contributed by atoms with Crippen LogP contribution in [0, 0.1) is 11.6 Å². The zero-order valence-electron chi connectivity index (χ0n) is 9.86. The molecule has 2 aromatic rings. The molecule has 0 spiro atoms. The van der Waals surface area contributed by atoms with Gasteiger partial charge in [0.2, 0.25) is 0 Å². The van der Waals surface area contributed by atoms with Crippen LogP contribution in [0.25, 0.3) is 0 Å². The van der Waals surface area contributed by atoms with E-state index in [1.807, 2.05) is 19.1 Å². The summed E-state index contributed by atoms with van der Waals surface area (Å²) in [7, 11) is 0. The Balaban J connectivity index is 2.31. The Morgan fingerprint density at radius 2 is 1.78 bits per heavy atom. The lowest BCUT2D eigenvalue weighted by atomic mass is 10.1. The summed E-state index contributed by atoms with van der Waals surface area (Å²) in [5.74, 6) is -1.06. The van der Waals surface area contributed by atoms with Gasteiger partial charge in [0.05, 0.1) is 0 Å². The Labute approximate surface area is 104 Å². The smallest absolute Gasteiger partial charge is 0.162 e. The van der Waals surface area contributed by atoms with Crippen LogP contribution < -0.4 is 10.5 Å². The van der Waals surface area contributed by atoms with Gasteiger partial charge in [-0.1, -0.05) is 18.2 Å². The minimum atomic E-state index is -0.939. The molecule has 4 heteroatoms. The van der Waals surface area contributed by atoms with E-state index in [0.29, 0.717) is 5.75 Å². The highest BCUT2D eigenvalue weighted by Crippen LogP contribution is 2.29. The molecule has 1 atom stereocenters. The summed E-state index contributed by atoms with van der Waals surface area (Å²) < 4.78 is 31.4. The number of benzene rings is 2. The summed E-state index contributed by atoms with van der Waals surface area (Å²) in [6.07, 6.45) is 0. The van der Waals surface area contributed by atoms with Crippen molar-refractivity contribution < 1.29 is 13.5 Å². The van der Waals surface area contributed by atoms with Crippen LogP contribution in [0.4, 0.5) is 8.78 Å². The quantitative estimate of drug-likeness (QED) is 0.898. The molecule has 0 aromatic heterocycles. The first kappa shape index (κ1) is 12.5. The van der Waals surface area contributed by atoms with E-state index in [1.54, 1.807) is 12.1 Å². The molecule has 2 aromatic carbocycles. The Morgan fingerprint density at radius 3 is 2.44 bits per heavy atom. The third-order valence-electron chi connectivity index (χ3n) is 2.53. The first-order valence-electron chi connectivity index (χ1n) is 5.55. The minimum absolute atomic E-state index is 0.202. The van der Waals surface area contributed by atoms with Crippen LogP contribution in [-0.2, 0) is 0 Å². The van der Waals surface area contributed by atoms with Crippen molar-refractivity contribution in [1.29, 1.82) is 0 Å². The standard InChI is InChI=1S/C14H13F2NO/c1-9(17)11-4-2-3-5-14(11)18-10-6-7-12(15)13(16)8-10/h2-9H,17H2,1H3/t9-/m0/s1. The van der Waals surface area contributed by atoms with E-state index in [0.717, 1.165) is 17.7 Å². The van der Waals surface area contributed by atoms with Crippen molar-refractivity contribution in [3.05, 3.63) is 59.7 Å². The summed E-state index contributed by atoms with van der Waals surface area (Å²) in [5, 5.41) is 0. The Morgan fingerprint density at radius 1 is 1.06 bits per heavy atom. The van der Waals surface area contributed by atoms with Crippen LogP contribution in [0.2, 0.25) is 0 Å². The maximum atomic E-state index is 13.1. The summed E-state index contributed by atoms with van der Waals surface area (Å²) >= 11 is 0. The molecular formula is C14H13F2NO. The lowest BCUT2D eigenvalue weighted by molar-refractivity contribution is 0.454. The molecule has 0 amide bonds. The number of ether oxygens (including phenoxy) is 1. The highest BCUT2D eigenvalue weighted by Gasteiger charge is 2.09. The third kappa shape index (κ3) is 2.65. The van der Waals surface area contributed by atoms with Gasteiger partial charge in [-0.25, -0.2) is 8.78 Å². The van der Waals surface area contributed by atoms with Gasteiger partial charge in [-0.15, -0.1) is 0 Å². The van der Waals surface area contributed by atoms with Crippen LogP contribution in [0.1, 0.15) is 18.5 Å². The largest absolute Gasteiger partial charge is 0.457 e. The monoisotopic (exact) mass is 249 g/mol. The highest BCUT2D eigenvalue weighted by atomic mass is 19.2. The van der Waals surface area contributed by atoms with Gasteiger partial charge in [0.15, 0.2) is 11.6 Å². The zero-order chi connectivity index (χ0) is 13.1. The summed E-state index contributed by atoms with van der Waals surface area (Å²) in [6.45, 7) is 1.83. The Kier molecular flexibility index (Phi) is 3.58. The van der Waals surface area contributed by atoms with Gasteiger partial charge in [0.25, 0.3) is 0 Å². The number of rotatable bonds is 3. The van der Waals surface area contributed by atoms with Crippen molar-refractivity contribution in [1.82, 2.24) is 0 Å². The first-order chi connectivity index (χ1) is 8.58. The van der Waals surface area contributed by atoms with Crippen molar-refractivity contribution in [2.45, 2.75) is 13.0 Å². The molecule has 0 bridgehead atoms. The molecule has 18 heavy (non-hydrogen) atoms. The van der Waals surface area contributed by atoms with Crippen molar-refractivity contribution in [2.24, 2.45) is 5.73 Å². The van der Waals surface area contributed by atoms with Crippen LogP contribution in [0.5, 0.6) is 11.5 Å². The topological polar surface area (TPSA) is 35.2 Å². The van der Waals surface area contributed by atoms with E-state index in [4.69, 9.17) is 10.5 Å². The fourth-order valence-electron chi connectivity index (χ4n) is 1.62. The van der Waals surface area contributed by atoms with Crippen LogP contribution >= 0.6 is 0 Å². The van der Waals surface area contributed by atoms with Gasteiger partial charge >= 0.3 is 0 Å². The second kappa shape index (κ2) is 5.14. The molecule has 0 aliphatic heterocycles. The average molecular weight is 249 g/mol. The van der Waals surface area contributed by atoms with Crippen molar-refractivity contribution in [2.75, 3.05) is 0 Å². The van der Waals surface area contributed by atoms with Gasteiger partial charge in [0, 0.05) is 17.7 Å². The average Bonchev–Trinajstić information content (AvgIpc) is 2.34. The maximum Gasteiger partial charge on any atom is 0.162 e. The molecule has 2 nitrogen and oxygen atoms in total. The lowest BCUT2D eigenvalue weighted by Gasteiger charge is -2.13. The van der Waals surface area contributed by atoms with E-state index < -0.39 is 11.6 Å². The second-order valence-electron chi connectivity index (χ2n) is 4.00. The maximum absolute atomic E-state index is 13.1. The molecule has 0 radical (unpaired) electrons. The predicted molar refractivity (Wildman–Crippen MR) is 65.5 cm³/mol. The molecule has 0 unspecified atom stereocenters. The van der Waals surface area contributed by atoms with Crippen LogP contribution in [-0.4, -0.2) is 0 Å². The van der Waals surface area contributed by atoms with E-state index in [9.17, 15) is 8.78 Å². The van der Waals surface area contributed by atoms with Gasteiger partial charge in [-0.2, -0.15) is 0 Å². The Bertz CT molecular complexity index is 555. The molecule has 94 valence electrons. The summed E-state index contributed by atoms with van der Waals surface area (Å²) in [6, 6.07) is 10.4. The highest BCUT2D eigenvalue weighted by molar-refractivity contribution is 5.39. The fourth-order valence-corrected chi connectivity index (χ4v) is 1.62. The van der Waals surface area contributed by atoms with E-state index in [2.05, 4.69) is 0 Å². The number of hydrogen-bond donors (Lipinski definition) is 1.